The molecule has 1 aromatic heterocycles. The maximum absolute atomic E-state index is 11.7. The van der Waals surface area contributed by atoms with E-state index in [0.717, 1.165) is 24.0 Å². The standard InChI is InChI=1S/C17H21NO2S/c1-13-7-9-14(10-8-13)16(19)12-18-17(20)6-2-4-15-5-3-11-21-15/h3,5,7-11,16,19H,2,4,6,12H2,1H3,(H,18,20)/t16-/m1/s1. The monoisotopic (exact) mass is 303 g/mol. The van der Waals surface area contributed by atoms with Crippen LogP contribution in [0.5, 0.6) is 0 Å². The molecule has 3 nitrogen and oxygen atoms in total. The second kappa shape index (κ2) is 7.96. The Morgan fingerprint density at radius 3 is 2.71 bits per heavy atom. The molecule has 1 atom stereocenters. The van der Waals surface area contributed by atoms with Gasteiger partial charge in [-0.15, -0.1) is 11.3 Å². The summed E-state index contributed by atoms with van der Waals surface area (Å²) in [7, 11) is 0. The van der Waals surface area contributed by atoms with E-state index in [1.807, 2.05) is 42.6 Å². The lowest BCUT2D eigenvalue weighted by molar-refractivity contribution is -0.121. The van der Waals surface area contributed by atoms with E-state index in [1.54, 1.807) is 11.3 Å². The molecular formula is C17H21NO2S. The molecule has 0 fully saturated rings. The molecule has 0 spiro atoms. The highest BCUT2D eigenvalue weighted by atomic mass is 32.1. The van der Waals surface area contributed by atoms with Gasteiger partial charge in [0.15, 0.2) is 0 Å². The van der Waals surface area contributed by atoms with Gasteiger partial charge in [-0.25, -0.2) is 0 Å². The second-order valence-corrected chi connectivity index (χ2v) is 6.20. The molecule has 1 aromatic carbocycles. The van der Waals surface area contributed by atoms with Crippen molar-refractivity contribution in [2.45, 2.75) is 32.3 Å². The fraction of sp³-hybridized carbons (Fsp3) is 0.353. The minimum Gasteiger partial charge on any atom is -0.387 e. The van der Waals surface area contributed by atoms with Gasteiger partial charge in [-0.2, -0.15) is 0 Å². The summed E-state index contributed by atoms with van der Waals surface area (Å²) in [5.74, 6) is -0.00211. The molecule has 0 saturated carbocycles. The van der Waals surface area contributed by atoms with Gasteiger partial charge in [0.1, 0.15) is 0 Å². The van der Waals surface area contributed by atoms with E-state index >= 15 is 0 Å². The van der Waals surface area contributed by atoms with Crippen molar-refractivity contribution >= 4 is 17.2 Å². The summed E-state index contributed by atoms with van der Waals surface area (Å²) in [6.07, 6.45) is 1.63. The maximum Gasteiger partial charge on any atom is 0.220 e. The average Bonchev–Trinajstić information content (AvgIpc) is 2.99. The number of hydrogen-bond acceptors (Lipinski definition) is 3. The van der Waals surface area contributed by atoms with Crippen LogP contribution in [0, 0.1) is 6.92 Å². The topological polar surface area (TPSA) is 49.3 Å². The molecule has 2 rings (SSSR count). The molecule has 0 unspecified atom stereocenters. The van der Waals surface area contributed by atoms with E-state index < -0.39 is 6.10 Å². The fourth-order valence-electron chi connectivity index (χ4n) is 2.08. The van der Waals surface area contributed by atoms with Gasteiger partial charge in [-0.3, -0.25) is 4.79 Å². The molecule has 0 aliphatic rings. The Kier molecular flexibility index (Phi) is 5.96. The van der Waals surface area contributed by atoms with Gasteiger partial charge in [-0.05, 0) is 36.8 Å². The van der Waals surface area contributed by atoms with Crippen molar-refractivity contribution in [2.24, 2.45) is 0 Å². The Bertz CT molecular complexity index is 549. The van der Waals surface area contributed by atoms with Crippen LogP contribution in [0.1, 0.15) is 34.9 Å². The molecule has 0 aliphatic carbocycles. The number of hydrogen-bond donors (Lipinski definition) is 2. The fourth-order valence-corrected chi connectivity index (χ4v) is 2.83. The maximum atomic E-state index is 11.7. The Morgan fingerprint density at radius 1 is 1.29 bits per heavy atom. The third-order valence-electron chi connectivity index (χ3n) is 3.36. The second-order valence-electron chi connectivity index (χ2n) is 5.16. The van der Waals surface area contributed by atoms with Crippen molar-refractivity contribution in [1.82, 2.24) is 5.32 Å². The zero-order valence-corrected chi connectivity index (χ0v) is 13.0. The molecule has 0 aliphatic heterocycles. The Hall–Kier alpha value is -1.65. The first-order valence-electron chi connectivity index (χ1n) is 7.19. The van der Waals surface area contributed by atoms with Crippen LogP contribution in [0.2, 0.25) is 0 Å². The predicted octanol–water partition coefficient (Wildman–Crippen LogP) is 3.23. The summed E-state index contributed by atoms with van der Waals surface area (Å²) in [4.78, 5) is 13.1. The van der Waals surface area contributed by atoms with E-state index in [2.05, 4.69) is 11.4 Å². The molecule has 21 heavy (non-hydrogen) atoms. The third kappa shape index (κ3) is 5.33. The normalized spacial score (nSPS) is 12.1. The third-order valence-corrected chi connectivity index (χ3v) is 4.30. The van der Waals surface area contributed by atoms with Gasteiger partial charge in [0.25, 0.3) is 0 Å². The number of thiophene rings is 1. The van der Waals surface area contributed by atoms with Crippen molar-refractivity contribution in [3.63, 3.8) is 0 Å². The molecule has 2 aromatic rings. The molecule has 2 N–H and O–H groups in total. The highest BCUT2D eigenvalue weighted by molar-refractivity contribution is 7.09. The molecule has 0 radical (unpaired) electrons. The van der Waals surface area contributed by atoms with Gasteiger partial charge in [0, 0.05) is 17.8 Å². The number of aliphatic hydroxyl groups excluding tert-OH is 1. The van der Waals surface area contributed by atoms with E-state index in [9.17, 15) is 9.90 Å². The minimum atomic E-state index is -0.646. The summed E-state index contributed by atoms with van der Waals surface area (Å²) in [6.45, 7) is 2.27. The lowest BCUT2D eigenvalue weighted by atomic mass is 10.1. The number of rotatable bonds is 7. The van der Waals surface area contributed by atoms with E-state index in [1.165, 1.54) is 4.88 Å². The number of nitrogens with one attached hydrogen (secondary N) is 1. The zero-order chi connectivity index (χ0) is 15.1. The lowest BCUT2D eigenvalue weighted by Gasteiger charge is -2.12. The number of amides is 1. The quantitative estimate of drug-likeness (QED) is 0.825. The minimum absolute atomic E-state index is 0.00211. The summed E-state index contributed by atoms with van der Waals surface area (Å²) in [5, 5.41) is 14.9. The van der Waals surface area contributed by atoms with E-state index in [-0.39, 0.29) is 12.5 Å². The van der Waals surface area contributed by atoms with Gasteiger partial charge in [-0.1, -0.05) is 35.9 Å². The highest BCUT2D eigenvalue weighted by Crippen LogP contribution is 2.13. The van der Waals surface area contributed by atoms with Crippen molar-refractivity contribution in [3.05, 3.63) is 57.8 Å². The molecule has 0 saturated heterocycles. The van der Waals surface area contributed by atoms with Crippen molar-refractivity contribution in [1.29, 1.82) is 0 Å². The smallest absolute Gasteiger partial charge is 0.220 e. The molecule has 1 amide bonds. The van der Waals surface area contributed by atoms with Gasteiger partial charge < -0.3 is 10.4 Å². The van der Waals surface area contributed by atoms with Crippen molar-refractivity contribution in [2.75, 3.05) is 6.54 Å². The van der Waals surface area contributed by atoms with E-state index in [0.29, 0.717) is 6.42 Å². The number of benzene rings is 1. The number of aliphatic hydroxyl groups is 1. The molecule has 0 bridgehead atoms. The van der Waals surface area contributed by atoms with Crippen LogP contribution in [-0.2, 0) is 11.2 Å². The lowest BCUT2D eigenvalue weighted by Crippen LogP contribution is -2.28. The molecule has 4 heteroatoms. The zero-order valence-electron chi connectivity index (χ0n) is 12.2. The first kappa shape index (κ1) is 15.7. The summed E-state index contributed by atoms with van der Waals surface area (Å²) in [6, 6.07) is 11.8. The average molecular weight is 303 g/mol. The number of carbonyl (C=O) groups excluding carboxylic acids is 1. The first-order valence-corrected chi connectivity index (χ1v) is 8.07. The molecular weight excluding hydrogens is 282 g/mol. The van der Waals surface area contributed by atoms with Crippen LogP contribution in [0.25, 0.3) is 0 Å². The highest BCUT2D eigenvalue weighted by Gasteiger charge is 2.09. The van der Waals surface area contributed by atoms with Crippen LogP contribution in [0.4, 0.5) is 0 Å². The number of carbonyl (C=O) groups is 1. The van der Waals surface area contributed by atoms with Crippen LogP contribution < -0.4 is 5.32 Å². The molecule has 112 valence electrons. The largest absolute Gasteiger partial charge is 0.387 e. The number of aryl methyl sites for hydroxylation is 2. The van der Waals surface area contributed by atoms with Gasteiger partial charge in [0.05, 0.1) is 6.10 Å². The Balaban J connectivity index is 1.67. The van der Waals surface area contributed by atoms with Gasteiger partial charge in [0.2, 0.25) is 5.91 Å². The van der Waals surface area contributed by atoms with Crippen LogP contribution in [0.15, 0.2) is 41.8 Å². The van der Waals surface area contributed by atoms with Crippen LogP contribution in [0.3, 0.4) is 0 Å². The van der Waals surface area contributed by atoms with Crippen LogP contribution >= 0.6 is 11.3 Å². The van der Waals surface area contributed by atoms with Crippen molar-refractivity contribution in [3.8, 4) is 0 Å². The SMILES string of the molecule is Cc1ccc([C@H](O)CNC(=O)CCCc2cccs2)cc1. The summed E-state index contributed by atoms with van der Waals surface area (Å²) >= 11 is 1.72. The van der Waals surface area contributed by atoms with Gasteiger partial charge >= 0.3 is 0 Å². The summed E-state index contributed by atoms with van der Waals surface area (Å²) < 4.78 is 0. The van der Waals surface area contributed by atoms with E-state index in [4.69, 9.17) is 0 Å². The predicted molar refractivity (Wildman–Crippen MR) is 86.4 cm³/mol. The molecule has 1 heterocycles. The van der Waals surface area contributed by atoms with Crippen LogP contribution in [-0.4, -0.2) is 17.6 Å². The summed E-state index contributed by atoms with van der Waals surface area (Å²) in [5.41, 5.74) is 1.99. The van der Waals surface area contributed by atoms with Crippen molar-refractivity contribution < 1.29 is 9.90 Å². The Morgan fingerprint density at radius 2 is 2.05 bits per heavy atom. The first-order chi connectivity index (χ1) is 10.1. The Labute approximate surface area is 129 Å².